The van der Waals surface area contributed by atoms with Gasteiger partial charge in [-0.3, -0.25) is 4.79 Å². The Hall–Kier alpha value is -1.40. The van der Waals surface area contributed by atoms with Gasteiger partial charge in [0.1, 0.15) is 6.10 Å². The second kappa shape index (κ2) is 7.74. The van der Waals surface area contributed by atoms with E-state index in [1.807, 2.05) is 0 Å². The van der Waals surface area contributed by atoms with Crippen molar-refractivity contribution < 1.29 is 17.9 Å². The molecule has 122 valence electrons. The largest absolute Gasteiger partial charge is 0.462 e. The number of sulfonamides is 1. The van der Waals surface area contributed by atoms with E-state index in [4.69, 9.17) is 4.74 Å². The van der Waals surface area contributed by atoms with E-state index in [2.05, 4.69) is 4.72 Å². The minimum atomic E-state index is -3.60. The van der Waals surface area contributed by atoms with Crippen molar-refractivity contribution in [1.29, 1.82) is 0 Å². The number of ether oxygens (including phenoxy) is 1. The zero-order valence-corrected chi connectivity index (χ0v) is 13.6. The Balaban J connectivity index is 1.84. The average molecular weight is 325 g/mol. The fourth-order valence-electron chi connectivity index (χ4n) is 2.64. The molecule has 1 fully saturated rings. The summed E-state index contributed by atoms with van der Waals surface area (Å²) in [6, 6.07) is 7.63. The summed E-state index contributed by atoms with van der Waals surface area (Å²) in [6.45, 7) is 1.67. The fraction of sp³-hybridized carbons (Fsp3) is 0.562. The highest BCUT2D eigenvalue weighted by atomic mass is 32.2. The molecule has 1 aliphatic carbocycles. The lowest BCUT2D eigenvalue weighted by atomic mass is 9.98. The highest BCUT2D eigenvalue weighted by Gasteiger charge is 2.22. The number of carbonyl (C=O) groups excluding carboxylic acids is 1. The molecule has 1 aliphatic rings. The summed E-state index contributed by atoms with van der Waals surface area (Å²) >= 11 is 0. The Morgan fingerprint density at radius 2 is 1.86 bits per heavy atom. The molecule has 1 aromatic carbocycles. The lowest BCUT2D eigenvalue weighted by Gasteiger charge is -2.22. The van der Waals surface area contributed by atoms with Crippen LogP contribution in [0.25, 0.3) is 0 Å². The second-order valence-corrected chi connectivity index (χ2v) is 7.50. The maximum atomic E-state index is 12.2. The Morgan fingerprint density at radius 1 is 1.23 bits per heavy atom. The Bertz CT molecular complexity index is 579. The number of hydrogen-bond donors (Lipinski definition) is 1. The van der Waals surface area contributed by atoms with Gasteiger partial charge in [0, 0.05) is 6.04 Å². The van der Waals surface area contributed by atoms with Gasteiger partial charge in [0.2, 0.25) is 10.0 Å². The molecule has 0 radical (unpaired) electrons. The summed E-state index contributed by atoms with van der Waals surface area (Å²) in [5.74, 6) is -0.338. The molecule has 0 amide bonds. The number of carbonyl (C=O) groups is 1. The maximum absolute atomic E-state index is 12.2. The third-order valence-corrected chi connectivity index (χ3v) is 5.34. The van der Waals surface area contributed by atoms with Gasteiger partial charge in [-0.25, -0.2) is 13.1 Å². The smallest absolute Gasteiger partial charge is 0.307 e. The van der Waals surface area contributed by atoms with Gasteiger partial charge in [-0.15, -0.1) is 0 Å². The van der Waals surface area contributed by atoms with Crippen LogP contribution in [0.2, 0.25) is 0 Å². The lowest BCUT2D eigenvalue weighted by molar-refractivity contribution is -0.150. The average Bonchev–Trinajstić information content (AvgIpc) is 2.48. The van der Waals surface area contributed by atoms with Crippen LogP contribution in [-0.2, 0) is 19.6 Å². The molecule has 1 aromatic rings. The van der Waals surface area contributed by atoms with Gasteiger partial charge in [0.05, 0.1) is 11.3 Å². The highest BCUT2D eigenvalue weighted by Crippen LogP contribution is 2.21. The second-order valence-electron chi connectivity index (χ2n) is 5.79. The molecule has 1 saturated carbocycles. The molecular weight excluding hydrogens is 302 g/mol. The van der Waals surface area contributed by atoms with Crippen molar-refractivity contribution in [2.24, 2.45) is 0 Å². The summed E-state index contributed by atoms with van der Waals surface area (Å²) in [6.07, 6.45) is 5.25. The van der Waals surface area contributed by atoms with E-state index in [0.717, 1.165) is 25.7 Å². The van der Waals surface area contributed by atoms with E-state index in [1.54, 1.807) is 25.1 Å². The molecule has 0 spiro atoms. The Morgan fingerprint density at radius 3 is 2.50 bits per heavy atom. The van der Waals surface area contributed by atoms with Crippen molar-refractivity contribution in [2.75, 3.05) is 0 Å². The molecule has 6 heteroatoms. The summed E-state index contributed by atoms with van der Waals surface area (Å²) in [4.78, 5) is 12.1. The fourth-order valence-corrected chi connectivity index (χ4v) is 3.91. The Kier molecular flexibility index (Phi) is 5.97. The van der Waals surface area contributed by atoms with Gasteiger partial charge in [-0.1, -0.05) is 24.6 Å². The molecule has 5 nitrogen and oxygen atoms in total. The van der Waals surface area contributed by atoms with Crippen molar-refractivity contribution in [2.45, 2.75) is 62.5 Å². The first-order valence-corrected chi connectivity index (χ1v) is 9.22. The summed E-state index contributed by atoms with van der Waals surface area (Å²) in [7, 11) is -3.60. The standard InChI is InChI=1S/C16H23NO4S/c1-13(12-16(18)21-14-8-4-2-5-9-14)17-22(19,20)15-10-6-3-7-11-15/h3,6-7,10-11,13-14,17H,2,4-5,8-9,12H2,1H3. The molecule has 1 atom stereocenters. The number of benzene rings is 1. The van der Waals surface area contributed by atoms with Crippen LogP contribution in [0.3, 0.4) is 0 Å². The number of hydrogen-bond acceptors (Lipinski definition) is 4. The van der Waals surface area contributed by atoms with Gasteiger partial charge in [0.25, 0.3) is 0 Å². The molecular formula is C16H23NO4S. The van der Waals surface area contributed by atoms with Crippen molar-refractivity contribution in [1.82, 2.24) is 4.72 Å². The summed E-state index contributed by atoms with van der Waals surface area (Å²) in [5, 5.41) is 0. The van der Waals surface area contributed by atoms with E-state index in [9.17, 15) is 13.2 Å². The van der Waals surface area contributed by atoms with E-state index in [-0.39, 0.29) is 23.4 Å². The number of nitrogens with one attached hydrogen (secondary N) is 1. The lowest BCUT2D eigenvalue weighted by Crippen LogP contribution is -2.35. The van der Waals surface area contributed by atoms with Crippen LogP contribution >= 0.6 is 0 Å². The van der Waals surface area contributed by atoms with Crippen LogP contribution < -0.4 is 4.72 Å². The molecule has 0 aliphatic heterocycles. The molecule has 1 N–H and O–H groups in total. The normalized spacial score (nSPS) is 17.9. The van der Waals surface area contributed by atoms with Crippen LogP contribution in [0.5, 0.6) is 0 Å². The van der Waals surface area contributed by atoms with E-state index >= 15 is 0 Å². The molecule has 0 heterocycles. The zero-order valence-electron chi connectivity index (χ0n) is 12.8. The van der Waals surface area contributed by atoms with Crippen LogP contribution in [0.15, 0.2) is 35.2 Å². The first-order valence-electron chi connectivity index (χ1n) is 7.74. The van der Waals surface area contributed by atoms with E-state index in [1.165, 1.54) is 18.6 Å². The minimum Gasteiger partial charge on any atom is -0.462 e. The van der Waals surface area contributed by atoms with Crippen LogP contribution in [0, 0.1) is 0 Å². The van der Waals surface area contributed by atoms with E-state index < -0.39 is 16.1 Å². The third-order valence-electron chi connectivity index (χ3n) is 3.73. The van der Waals surface area contributed by atoms with Crippen molar-refractivity contribution in [3.8, 4) is 0 Å². The van der Waals surface area contributed by atoms with Gasteiger partial charge in [0.15, 0.2) is 0 Å². The van der Waals surface area contributed by atoms with Crippen molar-refractivity contribution >= 4 is 16.0 Å². The third kappa shape index (κ3) is 5.10. The van der Waals surface area contributed by atoms with Gasteiger partial charge < -0.3 is 4.74 Å². The van der Waals surface area contributed by atoms with Crippen molar-refractivity contribution in [3.05, 3.63) is 30.3 Å². The molecule has 0 bridgehead atoms. The monoisotopic (exact) mass is 325 g/mol. The number of rotatable bonds is 6. The molecule has 0 saturated heterocycles. The zero-order chi connectivity index (χ0) is 16.0. The summed E-state index contributed by atoms with van der Waals surface area (Å²) in [5.41, 5.74) is 0. The van der Waals surface area contributed by atoms with Crippen molar-refractivity contribution in [3.63, 3.8) is 0 Å². The predicted octanol–water partition coefficient (Wildman–Crippen LogP) is 2.62. The van der Waals surface area contributed by atoms with Crippen LogP contribution in [0.4, 0.5) is 0 Å². The van der Waals surface area contributed by atoms with Gasteiger partial charge >= 0.3 is 5.97 Å². The first-order chi connectivity index (χ1) is 10.5. The predicted molar refractivity (Wildman–Crippen MR) is 83.8 cm³/mol. The molecule has 22 heavy (non-hydrogen) atoms. The molecule has 1 unspecified atom stereocenters. The quantitative estimate of drug-likeness (QED) is 0.816. The summed E-state index contributed by atoms with van der Waals surface area (Å²) < 4.78 is 32.2. The SMILES string of the molecule is CC(CC(=O)OC1CCCCC1)NS(=O)(=O)c1ccccc1. The minimum absolute atomic E-state index is 0.000759. The molecule has 2 rings (SSSR count). The maximum Gasteiger partial charge on any atom is 0.307 e. The Labute approximate surface area is 132 Å². The van der Waals surface area contributed by atoms with E-state index in [0.29, 0.717) is 0 Å². The van der Waals surface area contributed by atoms with Crippen LogP contribution in [-0.4, -0.2) is 26.5 Å². The number of esters is 1. The first kappa shape index (κ1) is 17.0. The topological polar surface area (TPSA) is 72.5 Å². The van der Waals surface area contributed by atoms with Gasteiger partial charge in [-0.2, -0.15) is 0 Å². The van der Waals surface area contributed by atoms with Crippen LogP contribution in [0.1, 0.15) is 45.4 Å². The van der Waals surface area contributed by atoms with Gasteiger partial charge in [-0.05, 0) is 44.7 Å². The highest BCUT2D eigenvalue weighted by molar-refractivity contribution is 7.89. The molecule has 0 aromatic heterocycles.